The summed E-state index contributed by atoms with van der Waals surface area (Å²) in [5, 5.41) is 3.09. The van der Waals surface area contributed by atoms with Gasteiger partial charge >= 0.3 is 0 Å². The molecule has 20 heavy (non-hydrogen) atoms. The lowest BCUT2D eigenvalue weighted by Gasteiger charge is -2.20. The van der Waals surface area contributed by atoms with Gasteiger partial charge in [-0.1, -0.05) is 12.8 Å². The Labute approximate surface area is 120 Å². The van der Waals surface area contributed by atoms with Gasteiger partial charge in [-0.05, 0) is 38.0 Å². The van der Waals surface area contributed by atoms with Gasteiger partial charge in [0.15, 0.2) is 0 Å². The van der Waals surface area contributed by atoms with E-state index in [1.165, 1.54) is 0 Å². The van der Waals surface area contributed by atoms with Gasteiger partial charge in [0.1, 0.15) is 11.5 Å². The number of amides is 1. The van der Waals surface area contributed by atoms with Gasteiger partial charge in [0.05, 0.1) is 20.3 Å². The first-order chi connectivity index (χ1) is 9.65. The summed E-state index contributed by atoms with van der Waals surface area (Å²) in [6, 6.07) is 5.55. The van der Waals surface area contributed by atoms with Crippen LogP contribution >= 0.6 is 0 Å². The van der Waals surface area contributed by atoms with Crippen LogP contribution in [0.4, 0.5) is 0 Å². The summed E-state index contributed by atoms with van der Waals surface area (Å²) in [7, 11) is 3.27. The lowest BCUT2D eigenvalue weighted by molar-refractivity contribution is -0.125. The first-order valence-corrected chi connectivity index (χ1v) is 7.18. The van der Waals surface area contributed by atoms with Crippen LogP contribution in [0.1, 0.15) is 44.2 Å². The highest BCUT2D eigenvalue weighted by atomic mass is 16.5. The standard InChI is InChI=1S/C16H23NO3/c1-11(17-16(18)12-6-4-5-7-12)14-10-13(19-2)8-9-15(14)20-3/h8-12H,4-7H2,1-3H3,(H,17,18). The largest absolute Gasteiger partial charge is 0.497 e. The summed E-state index contributed by atoms with van der Waals surface area (Å²) in [6.45, 7) is 1.98. The SMILES string of the molecule is COc1ccc(OC)c(C(C)NC(=O)C2CCCC2)c1. The van der Waals surface area contributed by atoms with Crippen molar-refractivity contribution in [2.24, 2.45) is 5.92 Å². The van der Waals surface area contributed by atoms with E-state index in [-0.39, 0.29) is 17.9 Å². The van der Waals surface area contributed by atoms with Gasteiger partial charge in [-0.2, -0.15) is 0 Å². The minimum Gasteiger partial charge on any atom is -0.497 e. The molecule has 110 valence electrons. The highest BCUT2D eigenvalue weighted by Crippen LogP contribution is 2.30. The van der Waals surface area contributed by atoms with Crippen LogP contribution in [0.15, 0.2) is 18.2 Å². The Hall–Kier alpha value is -1.71. The number of benzene rings is 1. The molecule has 1 saturated carbocycles. The van der Waals surface area contributed by atoms with Crippen LogP contribution in [0.25, 0.3) is 0 Å². The number of ether oxygens (including phenoxy) is 2. The van der Waals surface area contributed by atoms with Crippen LogP contribution in [0.5, 0.6) is 11.5 Å². The molecule has 0 aromatic heterocycles. The van der Waals surface area contributed by atoms with Crippen molar-refractivity contribution >= 4 is 5.91 Å². The third kappa shape index (κ3) is 3.24. The third-order valence-electron chi connectivity index (χ3n) is 3.99. The van der Waals surface area contributed by atoms with E-state index >= 15 is 0 Å². The average Bonchev–Trinajstić information content (AvgIpc) is 3.00. The molecule has 0 heterocycles. The topological polar surface area (TPSA) is 47.6 Å². The smallest absolute Gasteiger partial charge is 0.223 e. The maximum Gasteiger partial charge on any atom is 0.223 e. The minimum absolute atomic E-state index is 0.0897. The van der Waals surface area contributed by atoms with E-state index in [9.17, 15) is 4.79 Å². The third-order valence-corrected chi connectivity index (χ3v) is 3.99. The molecular formula is C16H23NO3. The molecule has 1 amide bonds. The minimum atomic E-state index is -0.0897. The predicted octanol–water partition coefficient (Wildman–Crippen LogP) is 3.07. The van der Waals surface area contributed by atoms with Gasteiger partial charge in [0.25, 0.3) is 0 Å². The summed E-state index contributed by atoms with van der Waals surface area (Å²) in [5.41, 5.74) is 0.943. The Morgan fingerprint density at radius 1 is 1.25 bits per heavy atom. The summed E-state index contributed by atoms with van der Waals surface area (Å²) >= 11 is 0. The Morgan fingerprint density at radius 2 is 1.95 bits per heavy atom. The summed E-state index contributed by atoms with van der Waals surface area (Å²) in [5.74, 6) is 1.86. The fourth-order valence-electron chi connectivity index (χ4n) is 2.77. The highest BCUT2D eigenvalue weighted by Gasteiger charge is 2.24. The molecule has 0 radical (unpaired) electrons. The molecule has 0 saturated heterocycles. The zero-order valence-electron chi connectivity index (χ0n) is 12.4. The van der Waals surface area contributed by atoms with Gasteiger partial charge in [0, 0.05) is 11.5 Å². The second kappa shape index (κ2) is 6.64. The van der Waals surface area contributed by atoms with Crippen molar-refractivity contribution in [3.63, 3.8) is 0 Å². The second-order valence-corrected chi connectivity index (χ2v) is 5.32. The molecule has 1 unspecified atom stereocenters. The Balaban J connectivity index is 2.10. The number of hydrogen-bond donors (Lipinski definition) is 1. The van der Waals surface area contributed by atoms with E-state index in [0.29, 0.717) is 0 Å². The van der Waals surface area contributed by atoms with E-state index in [1.54, 1.807) is 14.2 Å². The van der Waals surface area contributed by atoms with Crippen molar-refractivity contribution in [2.45, 2.75) is 38.6 Å². The Kier molecular flexibility index (Phi) is 4.88. The van der Waals surface area contributed by atoms with E-state index in [2.05, 4.69) is 5.32 Å². The van der Waals surface area contributed by atoms with Gasteiger partial charge in [-0.15, -0.1) is 0 Å². The maximum absolute atomic E-state index is 12.2. The zero-order chi connectivity index (χ0) is 14.5. The van der Waals surface area contributed by atoms with E-state index in [1.807, 2.05) is 25.1 Å². The molecule has 0 bridgehead atoms. The normalized spacial score (nSPS) is 16.8. The molecule has 1 aromatic rings. The molecule has 0 aliphatic heterocycles. The molecular weight excluding hydrogens is 254 g/mol. The van der Waals surface area contributed by atoms with Crippen LogP contribution in [-0.2, 0) is 4.79 Å². The molecule has 4 nitrogen and oxygen atoms in total. The predicted molar refractivity (Wildman–Crippen MR) is 78.1 cm³/mol. The van der Waals surface area contributed by atoms with Crippen LogP contribution in [-0.4, -0.2) is 20.1 Å². The van der Waals surface area contributed by atoms with Crippen molar-refractivity contribution in [3.8, 4) is 11.5 Å². The van der Waals surface area contributed by atoms with Crippen molar-refractivity contribution < 1.29 is 14.3 Å². The van der Waals surface area contributed by atoms with Crippen LogP contribution < -0.4 is 14.8 Å². The van der Waals surface area contributed by atoms with Gasteiger partial charge in [-0.3, -0.25) is 4.79 Å². The van der Waals surface area contributed by atoms with E-state index in [0.717, 1.165) is 42.7 Å². The second-order valence-electron chi connectivity index (χ2n) is 5.32. The van der Waals surface area contributed by atoms with Gasteiger partial charge in [-0.25, -0.2) is 0 Å². The first kappa shape index (κ1) is 14.7. The lowest BCUT2D eigenvalue weighted by atomic mass is 10.0. The van der Waals surface area contributed by atoms with E-state index < -0.39 is 0 Å². The van der Waals surface area contributed by atoms with Crippen LogP contribution in [0.2, 0.25) is 0 Å². The Bertz CT molecular complexity index is 467. The number of methoxy groups -OCH3 is 2. The van der Waals surface area contributed by atoms with Crippen LogP contribution in [0.3, 0.4) is 0 Å². The quantitative estimate of drug-likeness (QED) is 0.899. The molecule has 0 spiro atoms. The van der Waals surface area contributed by atoms with Crippen molar-refractivity contribution in [1.29, 1.82) is 0 Å². The molecule has 1 aromatic carbocycles. The fourth-order valence-corrected chi connectivity index (χ4v) is 2.77. The monoisotopic (exact) mass is 277 g/mol. The number of carbonyl (C=O) groups excluding carboxylic acids is 1. The zero-order valence-corrected chi connectivity index (χ0v) is 12.4. The average molecular weight is 277 g/mol. The number of hydrogen-bond acceptors (Lipinski definition) is 3. The van der Waals surface area contributed by atoms with Gasteiger partial charge < -0.3 is 14.8 Å². The molecule has 1 fully saturated rings. The molecule has 1 aliphatic rings. The molecule has 4 heteroatoms. The van der Waals surface area contributed by atoms with Gasteiger partial charge in [0.2, 0.25) is 5.91 Å². The molecule has 1 atom stereocenters. The Morgan fingerprint density at radius 3 is 2.55 bits per heavy atom. The summed E-state index contributed by atoms with van der Waals surface area (Å²) < 4.78 is 10.6. The molecule has 1 aliphatic carbocycles. The number of rotatable bonds is 5. The molecule has 1 N–H and O–H groups in total. The van der Waals surface area contributed by atoms with Crippen molar-refractivity contribution in [2.75, 3.05) is 14.2 Å². The van der Waals surface area contributed by atoms with Crippen molar-refractivity contribution in [3.05, 3.63) is 23.8 Å². The fraction of sp³-hybridized carbons (Fsp3) is 0.562. The highest BCUT2D eigenvalue weighted by molar-refractivity contribution is 5.79. The van der Waals surface area contributed by atoms with Crippen LogP contribution in [0, 0.1) is 5.92 Å². The van der Waals surface area contributed by atoms with Crippen molar-refractivity contribution in [1.82, 2.24) is 5.32 Å². The maximum atomic E-state index is 12.2. The number of nitrogens with one attached hydrogen (secondary N) is 1. The summed E-state index contributed by atoms with van der Waals surface area (Å²) in [4.78, 5) is 12.2. The summed E-state index contributed by atoms with van der Waals surface area (Å²) in [6.07, 6.45) is 4.34. The molecule has 2 rings (SSSR count). The first-order valence-electron chi connectivity index (χ1n) is 7.18. The lowest BCUT2D eigenvalue weighted by Crippen LogP contribution is -2.31. The number of carbonyl (C=O) groups is 1. The van der Waals surface area contributed by atoms with E-state index in [4.69, 9.17) is 9.47 Å².